The predicted molar refractivity (Wildman–Crippen MR) is 69.6 cm³/mol. The third-order valence-corrected chi connectivity index (χ3v) is 5.20. The van der Waals surface area contributed by atoms with Gasteiger partial charge in [-0.25, -0.2) is 0 Å². The Morgan fingerprint density at radius 1 is 1.69 bits per heavy atom. The quantitative estimate of drug-likeness (QED) is 0.873. The second-order valence-electron chi connectivity index (χ2n) is 4.93. The summed E-state index contributed by atoms with van der Waals surface area (Å²) in [4.78, 5) is 0. The molecule has 1 fully saturated rings. The highest BCUT2D eigenvalue weighted by Gasteiger charge is 2.35. The molecule has 0 aliphatic carbocycles. The van der Waals surface area contributed by atoms with E-state index in [9.17, 15) is 0 Å². The van der Waals surface area contributed by atoms with E-state index in [0.29, 0.717) is 10.8 Å². The molecule has 2 rings (SSSR count). The van der Waals surface area contributed by atoms with E-state index in [4.69, 9.17) is 5.73 Å². The Hall–Kier alpha value is -0.480. The molecule has 1 aromatic heterocycles. The summed E-state index contributed by atoms with van der Waals surface area (Å²) in [6, 6.07) is 0.306. The molecule has 0 bridgehead atoms. The van der Waals surface area contributed by atoms with Gasteiger partial charge in [-0.05, 0) is 43.9 Å². The van der Waals surface area contributed by atoms with E-state index in [0.717, 1.165) is 12.8 Å². The van der Waals surface area contributed by atoms with Crippen LogP contribution in [0.5, 0.6) is 0 Å². The first-order chi connectivity index (χ1) is 7.60. The van der Waals surface area contributed by atoms with Crippen LogP contribution in [-0.4, -0.2) is 26.3 Å². The summed E-state index contributed by atoms with van der Waals surface area (Å²) in [6.45, 7) is 2.32. The highest BCUT2D eigenvalue weighted by Crippen LogP contribution is 2.40. The van der Waals surface area contributed by atoms with Crippen LogP contribution < -0.4 is 5.73 Å². The summed E-state index contributed by atoms with van der Waals surface area (Å²) < 4.78 is 2.16. The van der Waals surface area contributed by atoms with Gasteiger partial charge < -0.3 is 5.73 Å². The van der Waals surface area contributed by atoms with Crippen LogP contribution in [0.4, 0.5) is 0 Å². The molecule has 2 N–H and O–H groups in total. The molecule has 0 aromatic carbocycles. The molecule has 2 atom stereocenters. The van der Waals surface area contributed by atoms with E-state index < -0.39 is 0 Å². The van der Waals surface area contributed by atoms with Crippen LogP contribution in [0.25, 0.3) is 0 Å². The van der Waals surface area contributed by atoms with E-state index in [1.54, 1.807) is 0 Å². The lowest BCUT2D eigenvalue weighted by Gasteiger charge is -2.30. The highest BCUT2D eigenvalue weighted by molar-refractivity contribution is 8.00. The molecule has 0 saturated carbocycles. The van der Waals surface area contributed by atoms with Crippen LogP contribution in [-0.2, 0) is 13.5 Å². The topological polar surface area (TPSA) is 43.8 Å². The molecule has 1 aromatic rings. The number of rotatable bonds is 4. The van der Waals surface area contributed by atoms with Crippen molar-refractivity contribution in [3.05, 3.63) is 18.0 Å². The van der Waals surface area contributed by atoms with Gasteiger partial charge in [0.15, 0.2) is 0 Å². The minimum atomic E-state index is 0.306. The zero-order valence-electron chi connectivity index (χ0n) is 10.1. The monoisotopic (exact) mass is 239 g/mol. The van der Waals surface area contributed by atoms with E-state index >= 15 is 0 Å². The molecule has 0 amide bonds. The molecule has 1 saturated heterocycles. The van der Waals surface area contributed by atoms with Crippen molar-refractivity contribution in [3.63, 3.8) is 0 Å². The smallest absolute Gasteiger partial charge is 0.0521 e. The zero-order chi connectivity index (χ0) is 11.6. The van der Waals surface area contributed by atoms with Gasteiger partial charge in [0, 0.05) is 24.0 Å². The SMILES string of the molecule is Cn1cc(CCC(N)C2(C)CCCS2)cn1. The van der Waals surface area contributed by atoms with E-state index in [2.05, 4.69) is 18.2 Å². The van der Waals surface area contributed by atoms with Crippen molar-refractivity contribution in [3.8, 4) is 0 Å². The van der Waals surface area contributed by atoms with E-state index in [1.807, 2.05) is 29.7 Å². The second-order valence-corrected chi connectivity index (χ2v) is 6.56. The third kappa shape index (κ3) is 2.61. The van der Waals surface area contributed by atoms with Crippen LogP contribution in [0.15, 0.2) is 12.4 Å². The van der Waals surface area contributed by atoms with Crippen LogP contribution >= 0.6 is 11.8 Å². The van der Waals surface area contributed by atoms with Crippen molar-refractivity contribution in [2.75, 3.05) is 5.75 Å². The first kappa shape index (κ1) is 12.0. The van der Waals surface area contributed by atoms with Gasteiger partial charge in [0.1, 0.15) is 0 Å². The molecule has 0 radical (unpaired) electrons. The lowest BCUT2D eigenvalue weighted by atomic mass is 9.92. The van der Waals surface area contributed by atoms with E-state index in [1.165, 1.54) is 24.2 Å². The summed E-state index contributed by atoms with van der Waals surface area (Å²) in [7, 11) is 1.96. The molecule has 2 unspecified atom stereocenters. The molecule has 1 aliphatic heterocycles. The number of thioether (sulfide) groups is 1. The Bertz CT molecular complexity index is 342. The summed E-state index contributed by atoms with van der Waals surface area (Å²) >= 11 is 2.05. The molecule has 16 heavy (non-hydrogen) atoms. The van der Waals surface area contributed by atoms with Crippen molar-refractivity contribution in [1.82, 2.24) is 9.78 Å². The second kappa shape index (κ2) is 4.80. The van der Waals surface area contributed by atoms with Crippen molar-refractivity contribution in [1.29, 1.82) is 0 Å². The normalized spacial score (nSPS) is 27.2. The van der Waals surface area contributed by atoms with E-state index in [-0.39, 0.29) is 0 Å². The first-order valence-electron chi connectivity index (χ1n) is 5.97. The molecule has 90 valence electrons. The standard InChI is InChI=1S/C12H21N3S/c1-12(6-3-7-16-12)11(13)5-4-10-8-14-15(2)9-10/h8-9,11H,3-7,13H2,1-2H3. The maximum Gasteiger partial charge on any atom is 0.0521 e. The number of nitrogens with two attached hydrogens (primary N) is 1. The van der Waals surface area contributed by atoms with Gasteiger partial charge in [-0.2, -0.15) is 16.9 Å². The maximum absolute atomic E-state index is 6.32. The fraction of sp³-hybridized carbons (Fsp3) is 0.750. The maximum atomic E-state index is 6.32. The molecule has 2 heterocycles. The third-order valence-electron chi connectivity index (χ3n) is 3.54. The average Bonchev–Trinajstić information content (AvgIpc) is 2.85. The first-order valence-corrected chi connectivity index (χ1v) is 6.96. The molecular weight excluding hydrogens is 218 g/mol. The summed E-state index contributed by atoms with van der Waals surface area (Å²) in [6.07, 6.45) is 8.72. The van der Waals surface area contributed by atoms with Gasteiger partial charge >= 0.3 is 0 Å². The molecule has 3 nitrogen and oxygen atoms in total. The molecule has 4 heteroatoms. The minimum absolute atomic E-state index is 0.306. The number of nitrogens with zero attached hydrogens (tertiary/aromatic N) is 2. The van der Waals surface area contributed by atoms with Crippen molar-refractivity contribution >= 4 is 11.8 Å². The predicted octanol–water partition coefficient (Wildman–Crippen LogP) is 1.97. The number of hydrogen-bond acceptors (Lipinski definition) is 3. The summed E-state index contributed by atoms with van der Waals surface area (Å²) in [5, 5.41) is 4.18. The van der Waals surface area contributed by atoms with Crippen LogP contribution in [0, 0.1) is 0 Å². The van der Waals surface area contributed by atoms with Gasteiger partial charge in [-0.1, -0.05) is 0 Å². The Morgan fingerprint density at radius 3 is 3.06 bits per heavy atom. The lowest BCUT2D eigenvalue weighted by molar-refractivity contribution is 0.460. The zero-order valence-corrected chi connectivity index (χ0v) is 11.0. The van der Waals surface area contributed by atoms with Gasteiger partial charge in [-0.15, -0.1) is 0 Å². The van der Waals surface area contributed by atoms with Crippen molar-refractivity contribution < 1.29 is 0 Å². The van der Waals surface area contributed by atoms with Gasteiger partial charge in [-0.3, -0.25) is 4.68 Å². The fourth-order valence-electron chi connectivity index (χ4n) is 2.32. The molecule has 1 aliphatic rings. The Balaban J connectivity index is 1.85. The van der Waals surface area contributed by atoms with Gasteiger partial charge in [0.05, 0.1) is 6.20 Å². The molecular formula is C12H21N3S. The average molecular weight is 239 g/mol. The lowest BCUT2D eigenvalue weighted by Crippen LogP contribution is -2.41. The number of hydrogen-bond donors (Lipinski definition) is 1. The van der Waals surface area contributed by atoms with Gasteiger partial charge in [0.2, 0.25) is 0 Å². The summed E-state index contributed by atoms with van der Waals surface area (Å²) in [5.41, 5.74) is 7.62. The van der Waals surface area contributed by atoms with Crippen LogP contribution in [0.3, 0.4) is 0 Å². The summed E-state index contributed by atoms with van der Waals surface area (Å²) in [5.74, 6) is 1.27. The van der Waals surface area contributed by atoms with Crippen LogP contribution in [0.2, 0.25) is 0 Å². The fourth-order valence-corrected chi connectivity index (χ4v) is 3.70. The Labute approximate surface area is 102 Å². The molecule has 0 spiro atoms. The van der Waals surface area contributed by atoms with Crippen LogP contribution in [0.1, 0.15) is 31.7 Å². The number of aromatic nitrogens is 2. The Morgan fingerprint density at radius 2 is 2.50 bits per heavy atom. The van der Waals surface area contributed by atoms with Crippen molar-refractivity contribution in [2.24, 2.45) is 12.8 Å². The number of aryl methyl sites for hydroxylation is 2. The minimum Gasteiger partial charge on any atom is -0.326 e. The van der Waals surface area contributed by atoms with Crippen molar-refractivity contribution in [2.45, 2.75) is 43.4 Å². The largest absolute Gasteiger partial charge is 0.326 e. The highest BCUT2D eigenvalue weighted by atomic mass is 32.2. The Kier molecular flexibility index (Phi) is 3.60. The van der Waals surface area contributed by atoms with Gasteiger partial charge in [0.25, 0.3) is 0 Å².